The van der Waals surface area contributed by atoms with Gasteiger partial charge in [-0.2, -0.15) is 0 Å². The molecule has 1 heterocycles. The van der Waals surface area contributed by atoms with E-state index in [0.29, 0.717) is 19.7 Å². The quantitative estimate of drug-likeness (QED) is 0.695. The van der Waals surface area contributed by atoms with Gasteiger partial charge in [-0.1, -0.05) is 35.4 Å². The lowest BCUT2D eigenvalue weighted by Gasteiger charge is -2.33. The van der Waals surface area contributed by atoms with E-state index in [1.807, 2.05) is 37.3 Å². The highest BCUT2D eigenvalue weighted by atomic mass is 35.5. The number of hydrogen-bond acceptors (Lipinski definition) is 3. The van der Waals surface area contributed by atoms with Gasteiger partial charge >= 0.3 is 0 Å². The largest absolute Gasteiger partial charge is 0.491 e. The number of benzene rings is 2. The van der Waals surface area contributed by atoms with Crippen molar-refractivity contribution in [2.45, 2.75) is 13.8 Å². The molecule has 0 radical (unpaired) electrons. The molecule has 0 atom stereocenters. The Morgan fingerprint density at radius 1 is 1.18 bits per heavy atom. The first-order valence-electron chi connectivity index (χ1n) is 9.82. The predicted octanol–water partition coefficient (Wildman–Crippen LogP) is 1.86. The highest BCUT2D eigenvalue weighted by Crippen LogP contribution is 2.19. The fraction of sp³-hybridized carbons (Fsp3) is 0.409. The number of halogens is 1. The van der Waals surface area contributed by atoms with Crippen molar-refractivity contribution < 1.29 is 14.4 Å². The van der Waals surface area contributed by atoms with E-state index in [1.165, 1.54) is 10.5 Å². The lowest BCUT2D eigenvalue weighted by atomic mass is 10.1. The first kappa shape index (κ1) is 20.5. The minimum atomic E-state index is 0.0791. The average molecular weight is 403 g/mol. The summed E-state index contributed by atoms with van der Waals surface area (Å²) in [6.45, 7) is 9.35. The van der Waals surface area contributed by atoms with Crippen molar-refractivity contribution >= 4 is 23.2 Å². The molecule has 1 amide bonds. The lowest BCUT2D eigenvalue weighted by molar-refractivity contribution is -0.892. The van der Waals surface area contributed by atoms with E-state index in [0.717, 1.165) is 48.2 Å². The molecule has 6 heteroatoms. The van der Waals surface area contributed by atoms with Gasteiger partial charge in [-0.05, 0) is 43.7 Å². The topological polar surface area (TPSA) is 46.0 Å². The number of carbonyl (C=O) groups excluding carboxylic acids is 1. The van der Waals surface area contributed by atoms with Crippen LogP contribution in [0.3, 0.4) is 0 Å². The molecule has 0 spiro atoms. The minimum Gasteiger partial charge on any atom is -0.491 e. The Kier molecular flexibility index (Phi) is 7.18. The molecule has 1 aliphatic heterocycles. The van der Waals surface area contributed by atoms with Gasteiger partial charge in [0, 0.05) is 10.7 Å². The molecule has 1 aliphatic rings. The number of hydrogen-bond donors (Lipinski definition) is 2. The minimum absolute atomic E-state index is 0.0791. The third-order valence-electron chi connectivity index (χ3n) is 5.07. The van der Waals surface area contributed by atoms with Crippen molar-refractivity contribution in [1.82, 2.24) is 5.32 Å². The first-order valence-corrected chi connectivity index (χ1v) is 10.2. The molecule has 28 heavy (non-hydrogen) atoms. The zero-order valence-electron chi connectivity index (χ0n) is 16.6. The van der Waals surface area contributed by atoms with Crippen LogP contribution in [0.15, 0.2) is 42.5 Å². The normalized spacial score (nSPS) is 14.8. The molecule has 0 aliphatic carbocycles. The molecule has 2 N–H and O–H groups in total. The molecule has 0 bridgehead atoms. The molecule has 5 nitrogen and oxygen atoms in total. The SMILES string of the molecule is Cc1ccc(OCCNC(=O)C[NH+]2CCN(c3cccc(Cl)c3)CC2)c(C)c1. The summed E-state index contributed by atoms with van der Waals surface area (Å²) in [7, 11) is 0. The van der Waals surface area contributed by atoms with E-state index >= 15 is 0 Å². The van der Waals surface area contributed by atoms with Crippen LogP contribution < -0.4 is 19.9 Å². The summed E-state index contributed by atoms with van der Waals surface area (Å²) < 4.78 is 5.77. The van der Waals surface area contributed by atoms with Gasteiger partial charge in [0.05, 0.1) is 32.7 Å². The number of piperazine rings is 1. The van der Waals surface area contributed by atoms with Crippen LogP contribution in [0.1, 0.15) is 11.1 Å². The summed E-state index contributed by atoms with van der Waals surface area (Å²) in [5.74, 6) is 0.957. The maximum Gasteiger partial charge on any atom is 0.275 e. The summed E-state index contributed by atoms with van der Waals surface area (Å²) >= 11 is 6.08. The molecular weight excluding hydrogens is 374 g/mol. The Hall–Kier alpha value is -2.24. The van der Waals surface area contributed by atoms with Gasteiger partial charge in [0.25, 0.3) is 5.91 Å². The van der Waals surface area contributed by atoms with Crippen molar-refractivity contribution in [2.75, 3.05) is 50.8 Å². The first-order chi connectivity index (χ1) is 13.5. The molecule has 150 valence electrons. The van der Waals surface area contributed by atoms with Gasteiger partial charge in [-0.25, -0.2) is 0 Å². The van der Waals surface area contributed by atoms with Crippen molar-refractivity contribution in [2.24, 2.45) is 0 Å². The van der Waals surface area contributed by atoms with Crippen molar-refractivity contribution in [3.05, 3.63) is 58.6 Å². The van der Waals surface area contributed by atoms with Crippen LogP contribution in [-0.2, 0) is 4.79 Å². The maximum absolute atomic E-state index is 12.2. The van der Waals surface area contributed by atoms with Crippen molar-refractivity contribution in [1.29, 1.82) is 0 Å². The number of quaternary nitrogens is 1. The maximum atomic E-state index is 12.2. The van der Waals surface area contributed by atoms with E-state index in [1.54, 1.807) is 0 Å². The van der Waals surface area contributed by atoms with E-state index in [4.69, 9.17) is 16.3 Å². The Balaban J connectivity index is 1.34. The number of nitrogens with zero attached hydrogens (tertiary/aromatic N) is 1. The molecule has 0 aromatic heterocycles. The highest BCUT2D eigenvalue weighted by molar-refractivity contribution is 6.30. The van der Waals surface area contributed by atoms with Gasteiger partial charge in [-0.15, -0.1) is 0 Å². The highest BCUT2D eigenvalue weighted by Gasteiger charge is 2.22. The van der Waals surface area contributed by atoms with Crippen LogP contribution in [0, 0.1) is 13.8 Å². The lowest BCUT2D eigenvalue weighted by Crippen LogP contribution is -3.16. The van der Waals surface area contributed by atoms with Crippen LogP contribution in [0.25, 0.3) is 0 Å². The van der Waals surface area contributed by atoms with Crippen LogP contribution in [0.2, 0.25) is 5.02 Å². The molecular formula is C22H29ClN3O2+. The summed E-state index contributed by atoms with van der Waals surface area (Å²) in [6, 6.07) is 14.1. The fourth-order valence-corrected chi connectivity index (χ4v) is 3.72. The Bertz CT molecular complexity index is 804. The molecule has 1 saturated heterocycles. The van der Waals surface area contributed by atoms with Crippen molar-refractivity contribution in [3.8, 4) is 5.75 Å². The van der Waals surface area contributed by atoms with Crippen LogP contribution in [-0.4, -0.2) is 51.8 Å². The third kappa shape index (κ3) is 5.88. The summed E-state index contributed by atoms with van der Waals surface area (Å²) in [6.07, 6.45) is 0. The number of anilines is 1. The third-order valence-corrected chi connectivity index (χ3v) is 5.30. The number of ether oxygens (including phenoxy) is 1. The Labute approximate surface area is 172 Å². The second kappa shape index (κ2) is 9.80. The van der Waals surface area contributed by atoms with E-state index < -0.39 is 0 Å². The van der Waals surface area contributed by atoms with Gasteiger partial charge in [0.15, 0.2) is 6.54 Å². The van der Waals surface area contributed by atoms with Gasteiger partial charge in [0.1, 0.15) is 12.4 Å². The van der Waals surface area contributed by atoms with E-state index in [-0.39, 0.29) is 5.91 Å². The van der Waals surface area contributed by atoms with Crippen molar-refractivity contribution in [3.63, 3.8) is 0 Å². The number of carbonyl (C=O) groups is 1. The van der Waals surface area contributed by atoms with E-state index in [9.17, 15) is 4.79 Å². The fourth-order valence-electron chi connectivity index (χ4n) is 3.53. The van der Waals surface area contributed by atoms with Gasteiger partial charge in [0.2, 0.25) is 0 Å². The zero-order valence-corrected chi connectivity index (χ0v) is 17.4. The average Bonchev–Trinajstić information content (AvgIpc) is 2.67. The summed E-state index contributed by atoms with van der Waals surface area (Å²) in [5, 5.41) is 3.72. The molecule has 0 unspecified atom stereocenters. The van der Waals surface area contributed by atoms with Gasteiger partial charge < -0.3 is 19.9 Å². The number of nitrogens with one attached hydrogen (secondary N) is 2. The number of amides is 1. The summed E-state index contributed by atoms with van der Waals surface area (Å²) in [4.78, 5) is 15.8. The second-order valence-electron chi connectivity index (χ2n) is 7.36. The standard InChI is InChI=1S/C22H28ClN3O2/c1-17-6-7-21(18(2)14-17)28-13-8-24-22(27)16-25-9-11-26(12-10-25)20-5-3-4-19(23)15-20/h3-7,14-15H,8-13,16H2,1-2H3,(H,24,27)/p+1. The van der Waals surface area contributed by atoms with Crippen LogP contribution in [0.4, 0.5) is 5.69 Å². The molecule has 1 fully saturated rings. The predicted molar refractivity (Wildman–Crippen MR) is 114 cm³/mol. The molecule has 2 aromatic carbocycles. The van der Waals surface area contributed by atoms with E-state index in [2.05, 4.69) is 29.3 Å². The smallest absolute Gasteiger partial charge is 0.275 e. The van der Waals surface area contributed by atoms with Crippen LogP contribution >= 0.6 is 11.6 Å². The van der Waals surface area contributed by atoms with Gasteiger partial charge in [-0.3, -0.25) is 4.79 Å². The Morgan fingerprint density at radius 3 is 2.68 bits per heavy atom. The molecule has 3 rings (SSSR count). The second-order valence-corrected chi connectivity index (χ2v) is 7.80. The number of rotatable bonds is 7. The number of aryl methyl sites for hydroxylation is 2. The molecule has 2 aromatic rings. The Morgan fingerprint density at radius 2 is 1.96 bits per heavy atom. The van der Waals surface area contributed by atoms with Crippen LogP contribution in [0.5, 0.6) is 5.75 Å². The zero-order chi connectivity index (χ0) is 19.9. The summed E-state index contributed by atoms with van der Waals surface area (Å²) in [5.41, 5.74) is 3.49. The molecule has 0 saturated carbocycles. The monoisotopic (exact) mass is 402 g/mol.